The Balaban J connectivity index is 1.40. The fraction of sp³-hybridized carbons (Fsp3) is 0.0952. The molecule has 4 aromatic heterocycles. The third-order valence-electron chi connectivity index (χ3n) is 4.66. The van der Waals surface area contributed by atoms with E-state index in [1.807, 2.05) is 28.8 Å². The maximum absolute atomic E-state index is 13.6. The van der Waals surface area contributed by atoms with Gasteiger partial charge in [0, 0.05) is 12.7 Å². The number of nitrogens with zero attached hydrogens (tertiary/aromatic N) is 6. The number of hydrogen-bond acceptors (Lipinski definition) is 7. The Labute approximate surface area is 190 Å². The molecule has 5 rings (SSSR count). The zero-order valence-electron chi connectivity index (χ0n) is 17.0. The molecular weight excluding hydrogens is 447 g/mol. The summed E-state index contributed by atoms with van der Waals surface area (Å²) in [6.45, 7) is -0.00670. The molecule has 0 aliphatic rings. The number of anilines is 1. The van der Waals surface area contributed by atoms with E-state index in [1.165, 1.54) is 23.9 Å². The fourth-order valence-corrected chi connectivity index (χ4v) is 3.96. The van der Waals surface area contributed by atoms with Crippen LogP contribution in [0.2, 0.25) is 0 Å². The second kappa shape index (κ2) is 8.84. The van der Waals surface area contributed by atoms with Gasteiger partial charge in [0.2, 0.25) is 5.16 Å². The summed E-state index contributed by atoms with van der Waals surface area (Å²) >= 11 is 1.31. The number of aliphatic hydroxyl groups excluding tert-OH is 1. The van der Waals surface area contributed by atoms with Crippen LogP contribution >= 0.6 is 11.8 Å². The minimum atomic E-state index is -0.467. The van der Waals surface area contributed by atoms with E-state index in [9.17, 15) is 9.18 Å². The summed E-state index contributed by atoms with van der Waals surface area (Å²) < 4.78 is 17.0. The molecule has 0 aliphatic carbocycles. The Morgan fingerprint density at radius 3 is 2.79 bits per heavy atom. The lowest BCUT2D eigenvalue weighted by Gasteiger charge is -2.04. The van der Waals surface area contributed by atoms with E-state index in [0.717, 1.165) is 11.1 Å². The molecule has 0 unspecified atom stereocenters. The number of aromatic nitrogens is 6. The Bertz CT molecular complexity index is 1470. The number of imidazole rings is 1. The van der Waals surface area contributed by atoms with Crippen molar-refractivity contribution in [3.05, 3.63) is 66.7 Å². The van der Waals surface area contributed by atoms with E-state index in [1.54, 1.807) is 28.9 Å². The van der Waals surface area contributed by atoms with E-state index in [0.29, 0.717) is 27.3 Å². The Kier molecular flexibility index (Phi) is 5.59. The summed E-state index contributed by atoms with van der Waals surface area (Å²) in [5.74, 6) is 0.0243. The van der Waals surface area contributed by atoms with Crippen LogP contribution in [-0.2, 0) is 0 Å². The van der Waals surface area contributed by atoms with Gasteiger partial charge >= 0.3 is 6.03 Å². The van der Waals surface area contributed by atoms with Gasteiger partial charge < -0.3 is 10.4 Å². The molecule has 2 amide bonds. The first-order chi connectivity index (χ1) is 16.1. The largest absolute Gasteiger partial charge is 0.395 e. The Morgan fingerprint density at radius 1 is 1.06 bits per heavy atom. The van der Waals surface area contributed by atoms with Gasteiger partial charge in [-0.25, -0.2) is 18.7 Å². The minimum Gasteiger partial charge on any atom is -0.395 e. The first-order valence-electron chi connectivity index (χ1n) is 9.90. The Hall–Kier alpha value is -4.03. The number of fused-ring (bicyclic) bond motifs is 2. The number of urea groups is 1. The molecule has 0 radical (unpaired) electrons. The van der Waals surface area contributed by atoms with Gasteiger partial charge in [-0.05, 0) is 59.3 Å². The number of rotatable bonds is 6. The average molecular weight is 464 g/mol. The maximum atomic E-state index is 13.6. The molecule has 12 heteroatoms. The predicted molar refractivity (Wildman–Crippen MR) is 120 cm³/mol. The second-order valence-corrected chi connectivity index (χ2v) is 7.93. The highest BCUT2D eigenvalue weighted by atomic mass is 32.2. The standard InChI is InChI=1S/C21H17FN8O2S/c22-15-3-1-2-13(10-15)14-4-5-18-26-27-21(29(18)11-14)33-19-7-6-17-24-16(12-30(17)28-19)25-20(32)23-8-9-31/h1-7,10-12,31H,8-9H2,(H2,23,25,32). The van der Waals surface area contributed by atoms with Crippen molar-refractivity contribution in [3.8, 4) is 11.1 Å². The van der Waals surface area contributed by atoms with Crippen LogP contribution in [0.25, 0.3) is 22.4 Å². The molecule has 4 heterocycles. The van der Waals surface area contributed by atoms with Crippen molar-refractivity contribution in [1.29, 1.82) is 0 Å². The Morgan fingerprint density at radius 2 is 1.94 bits per heavy atom. The first-order valence-corrected chi connectivity index (χ1v) is 10.7. The fourth-order valence-electron chi connectivity index (χ4n) is 3.18. The molecule has 10 nitrogen and oxygen atoms in total. The molecule has 0 bridgehead atoms. The normalized spacial score (nSPS) is 11.2. The predicted octanol–water partition coefficient (Wildman–Crippen LogP) is 2.84. The van der Waals surface area contributed by atoms with Gasteiger partial charge in [0.1, 0.15) is 10.8 Å². The van der Waals surface area contributed by atoms with Gasteiger partial charge in [0.25, 0.3) is 0 Å². The van der Waals surface area contributed by atoms with Crippen molar-refractivity contribution in [3.63, 3.8) is 0 Å². The molecule has 0 saturated heterocycles. The topological polar surface area (TPSA) is 122 Å². The SMILES string of the molecule is O=C(NCCO)Nc1cn2nc(Sc3nnc4ccc(-c5cccc(F)c5)cn34)ccc2n1. The summed E-state index contributed by atoms with van der Waals surface area (Å²) in [5, 5.41) is 28.0. The van der Waals surface area contributed by atoms with Crippen LogP contribution in [0.1, 0.15) is 0 Å². The van der Waals surface area contributed by atoms with Crippen molar-refractivity contribution >= 4 is 34.9 Å². The number of carbonyl (C=O) groups excluding carboxylic acids is 1. The summed E-state index contributed by atoms with van der Waals surface area (Å²) in [6.07, 6.45) is 3.44. The number of halogens is 1. The van der Waals surface area contributed by atoms with Gasteiger partial charge in [-0.15, -0.1) is 10.2 Å². The highest BCUT2D eigenvalue weighted by molar-refractivity contribution is 7.99. The molecule has 5 aromatic rings. The van der Waals surface area contributed by atoms with Crippen molar-refractivity contribution in [1.82, 2.24) is 34.5 Å². The van der Waals surface area contributed by atoms with Crippen LogP contribution < -0.4 is 10.6 Å². The number of benzene rings is 1. The van der Waals surface area contributed by atoms with Crippen LogP contribution in [0.5, 0.6) is 0 Å². The molecule has 1 aromatic carbocycles. The molecule has 166 valence electrons. The summed E-state index contributed by atoms with van der Waals surface area (Å²) in [4.78, 5) is 16.0. The molecule has 0 atom stereocenters. The number of aliphatic hydroxyl groups is 1. The molecule has 0 fully saturated rings. The lowest BCUT2D eigenvalue weighted by Crippen LogP contribution is -2.31. The number of hydrogen-bond donors (Lipinski definition) is 3. The quantitative estimate of drug-likeness (QED) is 0.353. The maximum Gasteiger partial charge on any atom is 0.320 e. The number of pyridine rings is 1. The molecule has 0 aliphatic heterocycles. The van der Waals surface area contributed by atoms with E-state index in [4.69, 9.17) is 5.11 Å². The zero-order valence-corrected chi connectivity index (χ0v) is 17.8. The molecule has 33 heavy (non-hydrogen) atoms. The van der Waals surface area contributed by atoms with Crippen LogP contribution in [0.4, 0.5) is 15.0 Å². The van der Waals surface area contributed by atoms with Crippen LogP contribution in [-0.4, -0.2) is 53.5 Å². The van der Waals surface area contributed by atoms with Crippen molar-refractivity contribution < 1.29 is 14.3 Å². The summed E-state index contributed by atoms with van der Waals surface area (Å²) in [6, 6.07) is 13.2. The minimum absolute atomic E-state index is 0.144. The number of nitrogens with one attached hydrogen (secondary N) is 2. The highest BCUT2D eigenvalue weighted by Crippen LogP contribution is 2.27. The van der Waals surface area contributed by atoms with Crippen molar-refractivity contribution in [2.75, 3.05) is 18.5 Å². The number of amides is 2. The lowest BCUT2D eigenvalue weighted by molar-refractivity contribution is 0.244. The van der Waals surface area contributed by atoms with Crippen LogP contribution in [0.15, 0.2) is 71.1 Å². The van der Waals surface area contributed by atoms with Crippen LogP contribution in [0, 0.1) is 5.82 Å². The second-order valence-electron chi connectivity index (χ2n) is 6.95. The smallest absolute Gasteiger partial charge is 0.320 e. The van der Waals surface area contributed by atoms with Gasteiger partial charge in [-0.2, -0.15) is 5.10 Å². The molecule has 3 N–H and O–H groups in total. The van der Waals surface area contributed by atoms with Gasteiger partial charge in [-0.1, -0.05) is 12.1 Å². The van der Waals surface area contributed by atoms with Gasteiger partial charge in [0.05, 0.1) is 12.8 Å². The van der Waals surface area contributed by atoms with Crippen molar-refractivity contribution in [2.24, 2.45) is 0 Å². The van der Waals surface area contributed by atoms with E-state index < -0.39 is 6.03 Å². The third kappa shape index (κ3) is 4.47. The first kappa shape index (κ1) is 20.8. The number of carbonyl (C=O) groups is 1. The van der Waals surface area contributed by atoms with E-state index >= 15 is 0 Å². The third-order valence-corrected chi connectivity index (χ3v) is 5.55. The monoisotopic (exact) mass is 464 g/mol. The highest BCUT2D eigenvalue weighted by Gasteiger charge is 2.12. The molecule has 0 saturated carbocycles. The van der Waals surface area contributed by atoms with Crippen LogP contribution in [0.3, 0.4) is 0 Å². The van der Waals surface area contributed by atoms with Gasteiger partial charge in [0.15, 0.2) is 17.1 Å². The van der Waals surface area contributed by atoms with Crippen molar-refractivity contribution in [2.45, 2.75) is 10.2 Å². The average Bonchev–Trinajstić information content (AvgIpc) is 3.40. The molecular formula is C21H17FN8O2S. The summed E-state index contributed by atoms with van der Waals surface area (Å²) in [7, 11) is 0. The van der Waals surface area contributed by atoms with Gasteiger partial charge in [-0.3, -0.25) is 9.72 Å². The lowest BCUT2D eigenvalue weighted by atomic mass is 10.1. The van der Waals surface area contributed by atoms with E-state index in [2.05, 4.69) is 30.9 Å². The zero-order chi connectivity index (χ0) is 22.8. The summed E-state index contributed by atoms with van der Waals surface area (Å²) in [5.41, 5.74) is 2.79. The molecule has 0 spiro atoms. The van der Waals surface area contributed by atoms with E-state index in [-0.39, 0.29) is 19.0 Å².